The summed E-state index contributed by atoms with van der Waals surface area (Å²) >= 11 is 0. The summed E-state index contributed by atoms with van der Waals surface area (Å²) in [4.78, 5) is 26.4. The maximum Gasteiger partial charge on any atom is 0.228 e. The third kappa shape index (κ3) is 4.31. The number of nitrogens with zero attached hydrogens (tertiary/aromatic N) is 4. The van der Waals surface area contributed by atoms with Crippen LogP contribution in [-0.2, 0) is 9.53 Å². The number of benzene rings is 1. The lowest BCUT2D eigenvalue weighted by molar-refractivity contribution is -0.147. The largest absolute Gasteiger partial charge is 0.488 e. The molecule has 1 spiro atoms. The SMILES string of the molecule is CC1(C(=O)N2CCC3(CC2)C[C@@H](Oc2ccccc2)CO3)CCN(c2ncccn2)CC1. The van der Waals surface area contributed by atoms with Gasteiger partial charge in [0.1, 0.15) is 11.9 Å². The number of carbonyl (C=O) groups is 1. The number of aromatic nitrogens is 2. The second kappa shape index (κ2) is 8.70. The summed E-state index contributed by atoms with van der Waals surface area (Å²) in [7, 11) is 0. The van der Waals surface area contributed by atoms with E-state index < -0.39 is 0 Å². The topological polar surface area (TPSA) is 67.8 Å². The molecule has 0 N–H and O–H groups in total. The molecule has 0 bridgehead atoms. The zero-order valence-corrected chi connectivity index (χ0v) is 18.8. The number of anilines is 1. The lowest BCUT2D eigenvalue weighted by Crippen LogP contribution is -2.53. The Morgan fingerprint density at radius 1 is 1.00 bits per heavy atom. The van der Waals surface area contributed by atoms with E-state index in [4.69, 9.17) is 9.47 Å². The van der Waals surface area contributed by atoms with E-state index in [9.17, 15) is 4.79 Å². The fraction of sp³-hybridized carbons (Fsp3) is 0.560. The van der Waals surface area contributed by atoms with Crippen LogP contribution in [-0.4, -0.2) is 65.3 Å². The summed E-state index contributed by atoms with van der Waals surface area (Å²) in [5, 5.41) is 0. The summed E-state index contributed by atoms with van der Waals surface area (Å²) in [5.74, 6) is 1.94. The van der Waals surface area contributed by atoms with E-state index in [0.29, 0.717) is 6.61 Å². The predicted molar refractivity (Wildman–Crippen MR) is 122 cm³/mol. The molecule has 3 saturated heterocycles. The monoisotopic (exact) mass is 436 g/mol. The normalized spacial score (nSPS) is 24.5. The fourth-order valence-electron chi connectivity index (χ4n) is 5.29. The molecule has 1 atom stereocenters. The summed E-state index contributed by atoms with van der Waals surface area (Å²) in [6.45, 7) is 5.89. The molecule has 3 aliphatic rings. The Morgan fingerprint density at radius 2 is 1.69 bits per heavy atom. The number of hydrogen-bond acceptors (Lipinski definition) is 6. The summed E-state index contributed by atoms with van der Waals surface area (Å²) in [5.41, 5.74) is -0.462. The average molecular weight is 437 g/mol. The van der Waals surface area contributed by atoms with E-state index in [1.54, 1.807) is 12.4 Å². The van der Waals surface area contributed by atoms with Crippen molar-refractivity contribution in [2.75, 3.05) is 37.7 Å². The minimum Gasteiger partial charge on any atom is -0.488 e. The Hall–Kier alpha value is -2.67. The maximum atomic E-state index is 13.4. The summed E-state index contributed by atoms with van der Waals surface area (Å²) in [6.07, 6.45) is 7.94. The molecule has 3 fully saturated rings. The van der Waals surface area contributed by atoms with E-state index in [1.807, 2.05) is 36.4 Å². The van der Waals surface area contributed by atoms with Gasteiger partial charge in [0.15, 0.2) is 0 Å². The Balaban J connectivity index is 1.13. The summed E-state index contributed by atoms with van der Waals surface area (Å²) in [6, 6.07) is 11.8. The number of ether oxygens (including phenoxy) is 2. The van der Waals surface area contributed by atoms with Gasteiger partial charge in [0.2, 0.25) is 11.9 Å². The maximum absolute atomic E-state index is 13.4. The van der Waals surface area contributed by atoms with Crippen molar-refractivity contribution in [3.05, 3.63) is 48.8 Å². The molecule has 1 aromatic carbocycles. The van der Waals surface area contributed by atoms with Gasteiger partial charge in [-0.25, -0.2) is 9.97 Å². The first-order chi connectivity index (χ1) is 15.6. The van der Waals surface area contributed by atoms with Crippen LogP contribution >= 0.6 is 0 Å². The first-order valence-corrected chi connectivity index (χ1v) is 11.7. The van der Waals surface area contributed by atoms with Crippen LogP contribution < -0.4 is 9.64 Å². The first kappa shape index (κ1) is 21.2. The molecule has 32 heavy (non-hydrogen) atoms. The molecule has 0 radical (unpaired) electrons. The number of piperidine rings is 2. The Kier molecular flexibility index (Phi) is 5.76. The van der Waals surface area contributed by atoms with Crippen LogP contribution in [0.25, 0.3) is 0 Å². The number of likely N-dealkylation sites (tertiary alicyclic amines) is 1. The molecule has 3 aliphatic heterocycles. The van der Waals surface area contributed by atoms with Crippen LogP contribution in [0.15, 0.2) is 48.8 Å². The van der Waals surface area contributed by atoms with E-state index in [-0.39, 0.29) is 23.0 Å². The highest BCUT2D eigenvalue weighted by Crippen LogP contribution is 2.40. The number of hydrogen-bond donors (Lipinski definition) is 0. The average Bonchev–Trinajstić information content (AvgIpc) is 3.22. The molecule has 7 nitrogen and oxygen atoms in total. The molecule has 1 aromatic heterocycles. The zero-order chi connectivity index (χ0) is 22.0. The van der Waals surface area contributed by atoms with Gasteiger partial charge in [-0.3, -0.25) is 4.79 Å². The zero-order valence-electron chi connectivity index (χ0n) is 18.8. The fourth-order valence-corrected chi connectivity index (χ4v) is 5.29. The van der Waals surface area contributed by atoms with E-state index >= 15 is 0 Å². The molecular formula is C25H32N4O3. The predicted octanol–water partition coefficient (Wildman–Crippen LogP) is 3.31. The van der Waals surface area contributed by atoms with Gasteiger partial charge in [-0.2, -0.15) is 0 Å². The van der Waals surface area contributed by atoms with Crippen molar-refractivity contribution >= 4 is 11.9 Å². The minimum absolute atomic E-state index is 0.0849. The molecule has 170 valence electrons. The van der Waals surface area contributed by atoms with Crippen molar-refractivity contribution < 1.29 is 14.3 Å². The molecule has 0 unspecified atom stereocenters. The number of carbonyl (C=O) groups excluding carboxylic acids is 1. The smallest absolute Gasteiger partial charge is 0.228 e. The van der Waals surface area contributed by atoms with Crippen molar-refractivity contribution in [2.24, 2.45) is 5.41 Å². The van der Waals surface area contributed by atoms with Crippen LogP contribution in [0.5, 0.6) is 5.75 Å². The molecule has 2 aromatic rings. The quantitative estimate of drug-likeness (QED) is 0.733. The van der Waals surface area contributed by atoms with Crippen LogP contribution in [0, 0.1) is 5.41 Å². The Labute approximate surface area is 189 Å². The molecule has 5 rings (SSSR count). The van der Waals surface area contributed by atoms with Gasteiger partial charge in [0, 0.05) is 50.4 Å². The molecule has 0 aliphatic carbocycles. The van der Waals surface area contributed by atoms with Crippen LogP contribution in [0.1, 0.15) is 39.0 Å². The molecular weight excluding hydrogens is 404 g/mol. The van der Waals surface area contributed by atoms with Crippen molar-refractivity contribution in [3.63, 3.8) is 0 Å². The third-order valence-corrected chi connectivity index (χ3v) is 7.40. The molecule has 0 saturated carbocycles. The third-order valence-electron chi connectivity index (χ3n) is 7.40. The van der Waals surface area contributed by atoms with Crippen LogP contribution in [0.3, 0.4) is 0 Å². The van der Waals surface area contributed by atoms with Crippen LogP contribution in [0.2, 0.25) is 0 Å². The highest BCUT2D eigenvalue weighted by molar-refractivity contribution is 5.82. The van der Waals surface area contributed by atoms with Gasteiger partial charge in [-0.05, 0) is 43.9 Å². The van der Waals surface area contributed by atoms with Crippen molar-refractivity contribution in [3.8, 4) is 5.75 Å². The van der Waals surface area contributed by atoms with Crippen molar-refractivity contribution in [1.82, 2.24) is 14.9 Å². The van der Waals surface area contributed by atoms with Gasteiger partial charge in [0.25, 0.3) is 0 Å². The highest BCUT2D eigenvalue weighted by atomic mass is 16.6. The minimum atomic E-state index is -0.314. The van der Waals surface area contributed by atoms with Gasteiger partial charge >= 0.3 is 0 Å². The van der Waals surface area contributed by atoms with Gasteiger partial charge < -0.3 is 19.3 Å². The van der Waals surface area contributed by atoms with Crippen molar-refractivity contribution in [1.29, 1.82) is 0 Å². The number of rotatable bonds is 4. The lowest BCUT2D eigenvalue weighted by atomic mass is 9.78. The van der Waals surface area contributed by atoms with Crippen LogP contribution in [0.4, 0.5) is 5.95 Å². The Morgan fingerprint density at radius 3 is 2.38 bits per heavy atom. The molecule has 7 heteroatoms. The van der Waals surface area contributed by atoms with Crippen molar-refractivity contribution in [2.45, 2.75) is 50.7 Å². The van der Waals surface area contributed by atoms with Gasteiger partial charge in [-0.15, -0.1) is 0 Å². The molecule has 4 heterocycles. The van der Waals surface area contributed by atoms with E-state index in [1.165, 1.54) is 0 Å². The van der Waals surface area contributed by atoms with E-state index in [2.05, 4.69) is 26.7 Å². The molecule has 1 amide bonds. The van der Waals surface area contributed by atoms with E-state index in [0.717, 1.165) is 70.0 Å². The lowest BCUT2D eigenvalue weighted by Gasteiger charge is -2.44. The second-order valence-corrected chi connectivity index (χ2v) is 9.64. The van der Waals surface area contributed by atoms with Gasteiger partial charge in [0.05, 0.1) is 12.2 Å². The number of amides is 1. The second-order valence-electron chi connectivity index (χ2n) is 9.64. The number of para-hydroxylation sites is 1. The standard InChI is InChI=1S/C25H32N4O3/c1-24(8-14-29(15-9-24)23-26-12-5-13-27-23)22(30)28-16-10-25(11-17-28)18-21(19-31-25)32-20-6-3-2-4-7-20/h2-7,12-13,21H,8-11,14-19H2,1H3/t21-/m1/s1. The first-order valence-electron chi connectivity index (χ1n) is 11.7. The van der Waals surface area contributed by atoms with Gasteiger partial charge in [-0.1, -0.05) is 25.1 Å². The highest BCUT2D eigenvalue weighted by Gasteiger charge is 2.47. The Bertz CT molecular complexity index is 907. The summed E-state index contributed by atoms with van der Waals surface area (Å²) < 4.78 is 12.4.